The molecule has 9 heteroatoms. The van der Waals surface area contributed by atoms with Crippen LogP contribution in [0.3, 0.4) is 0 Å². The molecule has 4 aromatic carbocycles. The summed E-state index contributed by atoms with van der Waals surface area (Å²) >= 11 is 0. The van der Waals surface area contributed by atoms with Crippen molar-refractivity contribution >= 4 is 28.9 Å². The van der Waals surface area contributed by atoms with Crippen LogP contribution in [0.25, 0.3) is 11.1 Å². The van der Waals surface area contributed by atoms with Gasteiger partial charge in [0.25, 0.3) is 5.91 Å². The Bertz CT molecular complexity index is 1700. The molecule has 41 heavy (non-hydrogen) atoms. The lowest BCUT2D eigenvalue weighted by Gasteiger charge is -2.41. The molecule has 0 spiro atoms. The van der Waals surface area contributed by atoms with E-state index in [9.17, 15) is 14.0 Å². The molecule has 0 atom stereocenters. The number of carbonyl (C=O) groups is 2. The number of nitrogens with zero attached hydrogens (tertiary/aromatic N) is 2. The Balaban J connectivity index is 1.43. The molecule has 2 heterocycles. The summed E-state index contributed by atoms with van der Waals surface area (Å²) in [6, 6.07) is 22.2. The number of anilines is 3. The summed E-state index contributed by atoms with van der Waals surface area (Å²) in [5.41, 5.74) is 3.87. The molecule has 6 rings (SSSR count). The number of benzene rings is 4. The summed E-state index contributed by atoms with van der Waals surface area (Å²) < 4.78 is 30.9. The first kappa shape index (κ1) is 26.2. The quantitative estimate of drug-likeness (QED) is 0.225. The third kappa shape index (κ3) is 4.30. The summed E-state index contributed by atoms with van der Waals surface area (Å²) in [5, 5.41) is 7.04. The summed E-state index contributed by atoms with van der Waals surface area (Å²) in [6.45, 7) is 4.11. The molecule has 0 radical (unpaired) electrons. The molecule has 8 nitrogen and oxygen atoms in total. The van der Waals surface area contributed by atoms with Gasteiger partial charge in [0.15, 0.2) is 0 Å². The van der Waals surface area contributed by atoms with E-state index in [1.54, 1.807) is 36.4 Å². The minimum Gasteiger partial charge on any atom is -0.496 e. The molecular weight excluding hydrogens is 525 g/mol. The maximum atomic E-state index is 14.1. The number of nitrogens with one attached hydrogen (secondary N) is 1. The van der Waals surface area contributed by atoms with Gasteiger partial charge in [0.2, 0.25) is 0 Å². The van der Waals surface area contributed by atoms with Gasteiger partial charge < -0.3 is 19.5 Å². The van der Waals surface area contributed by atoms with Crippen molar-refractivity contribution in [1.82, 2.24) is 0 Å². The maximum Gasteiger partial charge on any atom is 0.346 e. The van der Waals surface area contributed by atoms with Gasteiger partial charge in [-0.25, -0.2) is 14.2 Å². The number of esters is 1. The lowest BCUT2D eigenvalue weighted by molar-refractivity contribution is -0.122. The van der Waals surface area contributed by atoms with Gasteiger partial charge >= 0.3 is 5.97 Å². The third-order valence-corrected chi connectivity index (χ3v) is 7.35. The molecular formula is C32H28FN3O5. The van der Waals surface area contributed by atoms with E-state index >= 15 is 0 Å². The molecule has 0 saturated heterocycles. The van der Waals surface area contributed by atoms with E-state index in [-0.39, 0.29) is 17.2 Å². The molecule has 208 valence electrons. The second-order valence-corrected chi connectivity index (χ2v) is 10.3. The van der Waals surface area contributed by atoms with E-state index in [0.717, 1.165) is 33.8 Å². The molecule has 0 bridgehead atoms. The van der Waals surface area contributed by atoms with Crippen molar-refractivity contribution < 1.29 is 28.2 Å². The number of rotatable bonds is 6. The second kappa shape index (κ2) is 9.85. The number of hydrogen-bond donors (Lipinski definition) is 1. The molecule has 1 N–H and O–H groups in total. The van der Waals surface area contributed by atoms with E-state index in [1.807, 2.05) is 55.3 Å². The van der Waals surface area contributed by atoms with E-state index in [4.69, 9.17) is 14.2 Å². The SMILES string of the molecule is COc1cc(OC(=O)c2ccccc2F)ccc1-c1ccc2c3c1CN(c1ccccc1OC)N3C(=O)C(C)(C)N2. The molecule has 2 aliphatic heterocycles. The van der Waals surface area contributed by atoms with Crippen LogP contribution < -0.4 is 29.5 Å². The smallest absolute Gasteiger partial charge is 0.346 e. The maximum absolute atomic E-state index is 14.1. The van der Waals surface area contributed by atoms with Crippen LogP contribution in [0.2, 0.25) is 0 Å². The summed E-state index contributed by atoms with van der Waals surface area (Å²) in [6.07, 6.45) is 0. The van der Waals surface area contributed by atoms with Crippen molar-refractivity contribution in [2.75, 3.05) is 29.6 Å². The molecule has 0 fully saturated rings. The van der Waals surface area contributed by atoms with Gasteiger partial charge in [0, 0.05) is 17.2 Å². The Morgan fingerprint density at radius 1 is 0.902 bits per heavy atom. The number of hydrogen-bond acceptors (Lipinski definition) is 7. The average Bonchev–Trinajstić information content (AvgIpc) is 3.37. The van der Waals surface area contributed by atoms with Crippen LogP contribution in [0.15, 0.2) is 78.9 Å². The van der Waals surface area contributed by atoms with Gasteiger partial charge in [-0.2, -0.15) is 0 Å². The Morgan fingerprint density at radius 2 is 1.61 bits per heavy atom. The fourth-order valence-corrected chi connectivity index (χ4v) is 5.38. The van der Waals surface area contributed by atoms with E-state index in [1.165, 1.54) is 25.3 Å². The van der Waals surface area contributed by atoms with Crippen molar-refractivity contribution in [3.8, 4) is 28.4 Å². The fourth-order valence-electron chi connectivity index (χ4n) is 5.38. The zero-order valence-electron chi connectivity index (χ0n) is 23.0. The van der Waals surface area contributed by atoms with Crippen molar-refractivity contribution in [2.24, 2.45) is 0 Å². The lowest BCUT2D eigenvalue weighted by Crippen LogP contribution is -2.57. The van der Waals surface area contributed by atoms with Gasteiger partial charge in [-0.1, -0.05) is 30.3 Å². The minimum atomic E-state index is -0.835. The first-order valence-electron chi connectivity index (χ1n) is 13.1. The highest BCUT2D eigenvalue weighted by molar-refractivity contribution is 6.12. The summed E-state index contributed by atoms with van der Waals surface area (Å²) in [5.74, 6) is -0.253. The van der Waals surface area contributed by atoms with Crippen molar-refractivity contribution in [3.63, 3.8) is 0 Å². The topological polar surface area (TPSA) is 80.3 Å². The first-order valence-corrected chi connectivity index (χ1v) is 13.1. The highest BCUT2D eigenvalue weighted by atomic mass is 19.1. The molecule has 1 amide bonds. The Morgan fingerprint density at radius 3 is 2.37 bits per heavy atom. The monoisotopic (exact) mass is 553 g/mol. The molecule has 0 aromatic heterocycles. The van der Waals surface area contributed by atoms with Crippen molar-refractivity contribution in [3.05, 3.63) is 95.8 Å². The average molecular weight is 554 g/mol. The number of halogens is 1. The minimum absolute atomic E-state index is 0.103. The molecule has 0 aliphatic carbocycles. The van der Waals surface area contributed by atoms with Crippen LogP contribution in [-0.4, -0.2) is 31.6 Å². The van der Waals surface area contributed by atoms with Crippen LogP contribution in [-0.2, 0) is 11.3 Å². The van der Waals surface area contributed by atoms with Crippen LogP contribution in [0.1, 0.15) is 29.8 Å². The van der Waals surface area contributed by atoms with Crippen LogP contribution in [0.4, 0.5) is 21.5 Å². The van der Waals surface area contributed by atoms with Crippen molar-refractivity contribution in [2.45, 2.75) is 25.9 Å². The van der Waals surface area contributed by atoms with Crippen LogP contribution >= 0.6 is 0 Å². The van der Waals surface area contributed by atoms with Gasteiger partial charge in [0.1, 0.15) is 34.3 Å². The molecule has 0 saturated carbocycles. The lowest BCUT2D eigenvalue weighted by atomic mass is 9.93. The van der Waals surface area contributed by atoms with E-state index in [0.29, 0.717) is 18.0 Å². The largest absolute Gasteiger partial charge is 0.496 e. The number of hydrazine groups is 1. The van der Waals surface area contributed by atoms with Crippen LogP contribution in [0.5, 0.6) is 17.2 Å². The molecule has 0 unspecified atom stereocenters. The standard InChI is InChI=1S/C32H28FN3O5/c1-32(2)31(38)36-29-23(18-35(36)26-11-7-8-12-27(26)39-3)20(15-16-25(29)34-32)21-14-13-19(17-28(21)40-4)41-30(37)22-9-5-6-10-24(22)33/h5-17,34H,18H2,1-4H3. The highest BCUT2D eigenvalue weighted by Gasteiger charge is 2.47. The number of methoxy groups -OCH3 is 2. The number of ether oxygens (including phenoxy) is 3. The Hall–Kier alpha value is -5.05. The molecule has 2 aliphatic rings. The fraction of sp³-hybridized carbons (Fsp3) is 0.188. The predicted octanol–water partition coefficient (Wildman–Crippen LogP) is 6.20. The Labute approximate surface area is 236 Å². The van der Waals surface area contributed by atoms with Gasteiger partial charge in [-0.15, -0.1) is 0 Å². The zero-order chi connectivity index (χ0) is 28.9. The van der Waals surface area contributed by atoms with Gasteiger partial charge in [0.05, 0.1) is 37.7 Å². The van der Waals surface area contributed by atoms with Crippen molar-refractivity contribution in [1.29, 1.82) is 0 Å². The second-order valence-electron chi connectivity index (χ2n) is 10.3. The summed E-state index contributed by atoms with van der Waals surface area (Å²) in [4.78, 5) is 26.4. The zero-order valence-corrected chi connectivity index (χ0v) is 23.0. The first-order chi connectivity index (χ1) is 19.7. The number of para-hydroxylation sites is 2. The van der Waals surface area contributed by atoms with Gasteiger partial charge in [-0.05, 0) is 61.9 Å². The Kier molecular flexibility index (Phi) is 6.29. The number of amides is 1. The van der Waals surface area contributed by atoms with E-state index in [2.05, 4.69) is 5.32 Å². The third-order valence-electron chi connectivity index (χ3n) is 7.35. The van der Waals surface area contributed by atoms with E-state index < -0.39 is 17.3 Å². The van der Waals surface area contributed by atoms with Crippen LogP contribution in [0, 0.1) is 5.82 Å². The summed E-state index contributed by atoms with van der Waals surface area (Å²) in [7, 11) is 3.13. The molecule has 4 aromatic rings. The predicted molar refractivity (Wildman–Crippen MR) is 154 cm³/mol. The highest BCUT2D eigenvalue weighted by Crippen LogP contribution is 2.51. The number of carbonyl (C=O) groups excluding carboxylic acids is 2. The normalized spacial score (nSPS) is 14.8. The van der Waals surface area contributed by atoms with Gasteiger partial charge in [-0.3, -0.25) is 9.80 Å².